The van der Waals surface area contributed by atoms with Crippen LogP contribution in [0.5, 0.6) is 0 Å². The first-order valence-corrected chi connectivity index (χ1v) is 5.80. The Morgan fingerprint density at radius 1 is 1.33 bits per heavy atom. The van der Waals surface area contributed by atoms with Crippen LogP contribution in [0.15, 0.2) is 0 Å². The summed E-state index contributed by atoms with van der Waals surface area (Å²) in [6.45, 7) is 2.10. The first kappa shape index (κ1) is 11.3. The van der Waals surface area contributed by atoms with Crippen LogP contribution in [-0.4, -0.2) is 39.4 Å². The van der Waals surface area contributed by atoms with Crippen LogP contribution in [0.4, 0.5) is 0 Å². The molecule has 0 bridgehead atoms. The summed E-state index contributed by atoms with van der Waals surface area (Å²) in [6.07, 6.45) is 1.25. The summed E-state index contributed by atoms with van der Waals surface area (Å²) < 4.78 is 5.30. The van der Waals surface area contributed by atoms with E-state index in [0.717, 1.165) is 19.3 Å². The number of hydrogen-bond acceptors (Lipinski definition) is 4. The van der Waals surface area contributed by atoms with Crippen molar-refractivity contribution >= 4 is 0 Å². The molecular weight excluding hydrogens is 196 g/mol. The minimum Gasteiger partial charge on any atom is -0.390 e. The topological polar surface area (TPSA) is 69.9 Å². The predicted molar refractivity (Wildman–Crippen MR) is 54.1 cm³/mol. The molecule has 5 unspecified atom stereocenters. The number of aliphatic hydroxyl groups excluding tert-OH is 2. The van der Waals surface area contributed by atoms with Crippen LogP contribution in [-0.2, 0) is 4.74 Å². The second-order valence-corrected chi connectivity index (χ2v) is 4.88. The van der Waals surface area contributed by atoms with E-state index in [1.807, 2.05) is 0 Å². The van der Waals surface area contributed by atoms with Gasteiger partial charge in [0.1, 0.15) is 5.60 Å². The molecule has 15 heavy (non-hydrogen) atoms. The van der Waals surface area contributed by atoms with Crippen LogP contribution >= 0.6 is 0 Å². The molecule has 2 fully saturated rings. The third-order valence-corrected chi connectivity index (χ3v) is 3.91. The molecular formula is C11H20O4. The molecule has 0 aromatic rings. The molecule has 5 atom stereocenters. The maximum Gasteiger partial charge on any atom is 0.157 e. The van der Waals surface area contributed by atoms with Crippen LogP contribution in [0.25, 0.3) is 0 Å². The zero-order valence-electron chi connectivity index (χ0n) is 9.09. The molecule has 0 aromatic carbocycles. The molecule has 1 saturated carbocycles. The highest BCUT2D eigenvalue weighted by Crippen LogP contribution is 2.42. The fourth-order valence-electron chi connectivity index (χ4n) is 2.86. The molecule has 3 N–H and O–H groups in total. The summed E-state index contributed by atoms with van der Waals surface area (Å²) in [7, 11) is 0. The highest BCUT2D eigenvalue weighted by Gasteiger charge is 2.52. The Morgan fingerprint density at radius 3 is 2.73 bits per heavy atom. The van der Waals surface area contributed by atoms with E-state index < -0.39 is 24.1 Å². The van der Waals surface area contributed by atoms with Crippen LogP contribution in [0.3, 0.4) is 0 Å². The van der Waals surface area contributed by atoms with E-state index in [9.17, 15) is 15.3 Å². The minimum absolute atomic E-state index is 0.115. The van der Waals surface area contributed by atoms with Crippen molar-refractivity contribution in [1.82, 2.24) is 0 Å². The van der Waals surface area contributed by atoms with Crippen molar-refractivity contribution in [3.63, 3.8) is 0 Å². The van der Waals surface area contributed by atoms with E-state index in [1.165, 1.54) is 0 Å². The quantitative estimate of drug-likeness (QED) is 0.593. The van der Waals surface area contributed by atoms with Crippen LogP contribution in [0.1, 0.15) is 39.0 Å². The summed E-state index contributed by atoms with van der Waals surface area (Å²) in [4.78, 5) is 0. The van der Waals surface area contributed by atoms with Gasteiger partial charge in [0.05, 0.1) is 12.2 Å². The van der Waals surface area contributed by atoms with Gasteiger partial charge in [-0.05, 0) is 25.2 Å². The lowest BCUT2D eigenvalue weighted by Crippen LogP contribution is -2.61. The Morgan fingerprint density at radius 2 is 2.07 bits per heavy atom. The standard InChI is InChI=1S/C11H20O4/c1-2-7-3-4-9-11(14,6-7)8(12)5-10(13)15-9/h7-10,12-14H,2-6H2,1H3. The smallest absolute Gasteiger partial charge is 0.157 e. The Labute approximate surface area is 89.9 Å². The average molecular weight is 216 g/mol. The molecule has 0 radical (unpaired) electrons. The lowest BCUT2D eigenvalue weighted by Gasteiger charge is -2.49. The summed E-state index contributed by atoms with van der Waals surface area (Å²) in [5.41, 5.74) is -1.14. The first-order valence-electron chi connectivity index (χ1n) is 5.80. The predicted octanol–water partition coefficient (Wildman–Crippen LogP) is 0.396. The van der Waals surface area contributed by atoms with E-state index in [-0.39, 0.29) is 6.42 Å². The normalized spacial score (nSPS) is 51.2. The van der Waals surface area contributed by atoms with Gasteiger partial charge in [-0.2, -0.15) is 0 Å². The number of aliphatic hydroxyl groups is 3. The van der Waals surface area contributed by atoms with Crippen LogP contribution in [0.2, 0.25) is 0 Å². The lowest BCUT2D eigenvalue weighted by atomic mass is 9.70. The monoisotopic (exact) mass is 216 g/mol. The fraction of sp³-hybridized carbons (Fsp3) is 1.00. The second kappa shape index (κ2) is 4.01. The van der Waals surface area contributed by atoms with E-state index in [1.54, 1.807) is 0 Å². The van der Waals surface area contributed by atoms with Crippen molar-refractivity contribution in [3.05, 3.63) is 0 Å². The molecule has 1 aliphatic carbocycles. The van der Waals surface area contributed by atoms with Gasteiger partial charge in [-0.1, -0.05) is 13.3 Å². The molecule has 0 aromatic heterocycles. The molecule has 1 saturated heterocycles. The van der Waals surface area contributed by atoms with Gasteiger partial charge >= 0.3 is 0 Å². The third-order valence-electron chi connectivity index (χ3n) is 3.91. The van der Waals surface area contributed by atoms with Crippen molar-refractivity contribution in [2.45, 2.75) is 63.1 Å². The Bertz CT molecular complexity index is 233. The van der Waals surface area contributed by atoms with Crippen molar-refractivity contribution < 1.29 is 20.1 Å². The van der Waals surface area contributed by atoms with Gasteiger partial charge in [-0.15, -0.1) is 0 Å². The molecule has 4 heteroatoms. The van der Waals surface area contributed by atoms with Gasteiger partial charge in [-0.3, -0.25) is 0 Å². The van der Waals surface area contributed by atoms with Gasteiger partial charge in [0.25, 0.3) is 0 Å². The minimum atomic E-state index is -1.14. The summed E-state index contributed by atoms with van der Waals surface area (Å²) in [6, 6.07) is 0. The maximum atomic E-state index is 10.4. The highest BCUT2D eigenvalue weighted by molar-refractivity contribution is 5.01. The number of rotatable bonds is 1. The second-order valence-electron chi connectivity index (χ2n) is 4.88. The summed E-state index contributed by atoms with van der Waals surface area (Å²) in [5.74, 6) is 0.458. The van der Waals surface area contributed by atoms with Gasteiger partial charge in [0.15, 0.2) is 6.29 Å². The summed E-state index contributed by atoms with van der Waals surface area (Å²) >= 11 is 0. The summed E-state index contributed by atoms with van der Waals surface area (Å²) in [5, 5.41) is 29.6. The Hall–Kier alpha value is -0.160. The lowest BCUT2D eigenvalue weighted by molar-refractivity contribution is -0.288. The SMILES string of the molecule is CCC1CCC2OC(O)CC(O)C2(O)C1. The zero-order chi connectivity index (χ0) is 11.1. The van der Waals surface area contributed by atoms with Gasteiger partial charge < -0.3 is 20.1 Å². The van der Waals surface area contributed by atoms with Crippen molar-refractivity contribution in [2.24, 2.45) is 5.92 Å². The van der Waals surface area contributed by atoms with Gasteiger partial charge in [0.2, 0.25) is 0 Å². The van der Waals surface area contributed by atoms with Crippen LogP contribution in [0, 0.1) is 5.92 Å². The van der Waals surface area contributed by atoms with Gasteiger partial charge in [0, 0.05) is 6.42 Å². The van der Waals surface area contributed by atoms with Crippen molar-refractivity contribution in [3.8, 4) is 0 Å². The van der Waals surface area contributed by atoms with Crippen molar-refractivity contribution in [1.29, 1.82) is 0 Å². The molecule has 1 aliphatic heterocycles. The van der Waals surface area contributed by atoms with Crippen molar-refractivity contribution in [2.75, 3.05) is 0 Å². The Kier molecular flexibility index (Phi) is 3.03. The van der Waals surface area contributed by atoms with Crippen LogP contribution < -0.4 is 0 Å². The molecule has 1 heterocycles. The third kappa shape index (κ3) is 1.91. The molecule has 2 aliphatic rings. The molecule has 4 nitrogen and oxygen atoms in total. The number of ether oxygens (including phenoxy) is 1. The molecule has 0 amide bonds. The number of fused-ring (bicyclic) bond motifs is 1. The van der Waals surface area contributed by atoms with E-state index in [2.05, 4.69) is 6.92 Å². The van der Waals surface area contributed by atoms with E-state index >= 15 is 0 Å². The Balaban J connectivity index is 2.13. The molecule has 2 rings (SSSR count). The maximum absolute atomic E-state index is 10.4. The van der Waals surface area contributed by atoms with Gasteiger partial charge in [-0.25, -0.2) is 0 Å². The molecule has 88 valence electrons. The molecule has 0 spiro atoms. The van der Waals surface area contributed by atoms with E-state index in [0.29, 0.717) is 12.3 Å². The largest absolute Gasteiger partial charge is 0.390 e. The first-order chi connectivity index (χ1) is 7.06. The highest BCUT2D eigenvalue weighted by atomic mass is 16.6. The fourth-order valence-corrected chi connectivity index (χ4v) is 2.86. The average Bonchev–Trinajstić information content (AvgIpc) is 2.19. The van der Waals surface area contributed by atoms with E-state index in [4.69, 9.17) is 4.74 Å². The number of hydrogen-bond donors (Lipinski definition) is 3. The zero-order valence-corrected chi connectivity index (χ0v) is 9.09.